The molecule has 0 aromatic carbocycles. The van der Waals surface area contributed by atoms with Crippen LogP contribution in [0.2, 0.25) is 0 Å². The Kier molecular flexibility index (Phi) is 2.71. The van der Waals surface area contributed by atoms with Crippen molar-refractivity contribution < 1.29 is 9.22 Å². The molecule has 0 bridgehead atoms. The molecule has 14 heavy (non-hydrogen) atoms. The van der Waals surface area contributed by atoms with Crippen molar-refractivity contribution in [2.24, 2.45) is 5.73 Å². The second-order valence-corrected chi connectivity index (χ2v) is 3.90. The highest BCUT2D eigenvalue weighted by Crippen LogP contribution is 2.33. The lowest BCUT2D eigenvalue weighted by atomic mass is 10.3. The number of nitrogens with zero attached hydrogens (tertiary/aromatic N) is 1. The van der Waals surface area contributed by atoms with Gasteiger partial charge in [0.05, 0.1) is 20.7 Å². The van der Waals surface area contributed by atoms with E-state index in [0.717, 1.165) is 11.4 Å². The number of ether oxygens (including phenoxy) is 1. The Morgan fingerprint density at radius 2 is 2.14 bits per heavy atom. The molecule has 1 aliphatic rings. The molecule has 0 aromatic heterocycles. The van der Waals surface area contributed by atoms with Crippen molar-refractivity contribution in [3.63, 3.8) is 0 Å². The van der Waals surface area contributed by atoms with Crippen LogP contribution in [0, 0.1) is 0 Å². The zero-order chi connectivity index (χ0) is 10.9. The molecule has 0 aliphatic carbocycles. The van der Waals surface area contributed by atoms with Crippen LogP contribution in [0.15, 0.2) is 35.5 Å². The van der Waals surface area contributed by atoms with Gasteiger partial charge in [-0.2, -0.15) is 0 Å². The quantitative estimate of drug-likeness (QED) is 0.549. The van der Waals surface area contributed by atoms with Crippen LogP contribution >= 0.6 is 0 Å². The second-order valence-electron chi connectivity index (χ2n) is 3.90. The lowest BCUT2D eigenvalue weighted by Crippen LogP contribution is -2.35. The number of nitrogens with two attached hydrogens (primary N) is 1. The van der Waals surface area contributed by atoms with Crippen LogP contribution in [0.3, 0.4) is 0 Å². The maximum absolute atomic E-state index is 5.92. The maximum atomic E-state index is 5.92. The van der Waals surface area contributed by atoms with E-state index >= 15 is 0 Å². The highest BCUT2D eigenvalue weighted by molar-refractivity contribution is 5.35. The van der Waals surface area contributed by atoms with Gasteiger partial charge in [0.15, 0.2) is 5.76 Å². The molecule has 0 atom stereocenters. The number of likely N-dealkylation sites (N-methyl/N-ethyl adjacent to an activating group) is 1. The first-order valence-corrected chi connectivity index (χ1v) is 4.76. The van der Waals surface area contributed by atoms with Crippen LogP contribution in [-0.2, 0) is 4.74 Å². The van der Waals surface area contributed by atoms with Crippen LogP contribution in [0.25, 0.3) is 0 Å². The van der Waals surface area contributed by atoms with Gasteiger partial charge in [0, 0.05) is 13.0 Å². The van der Waals surface area contributed by atoms with Gasteiger partial charge in [0.2, 0.25) is 5.70 Å². The van der Waals surface area contributed by atoms with Crippen LogP contribution < -0.4 is 5.73 Å². The highest BCUT2D eigenvalue weighted by atomic mass is 16.5. The number of hydrogen-bond donors (Lipinski definition) is 1. The molecule has 0 spiro atoms. The van der Waals surface area contributed by atoms with Gasteiger partial charge in [-0.25, -0.2) is 0 Å². The van der Waals surface area contributed by atoms with Gasteiger partial charge >= 0.3 is 0 Å². The van der Waals surface area contributed by atoms with E-state index in [2.05, 4.69) is 27.6 Å². The zero-order valence-corrected chi connectivity index (χ0v) is 9.42. The number of rotatable bonds is 3. The fraction of sp³-hybridized carbons (Fsp3) is 0.455. The van der Waals surface area contributed by atoms with E-state index < -0.39 is 0 Å². The van der Waals surface area contributed by atoms with E-state index in [-0.39, 0.29) is 0 Å². The van der Waals surface area contributed by atoms with E-state index in [9.17, 15) is 0 Å². The summed E-state index contributed by atoms with van der Waals surface area (Å²) in [5, 5.41) is 0. The van der Waals surface area contributed by atoms with Gasteiger partial charge in [-0.3, -0.25) is 4.48 Å². The van der Waals surface area contributed by atoms with Gasteiger partial charge in [0.1, 0.15) is 11.4 Å². The molecule has 78 valence electrons. The molecule has 0 saturated carbocycles. The molecule has 0 radical (unpaired) electrons. The average Bonchev–Trinajstić information content (AvgIpc) is 2.22. The summed E-state index contributed by atoms with van der Waals surface area (Å²) < 4.78 is 6.03. The lowest BCUT2D eigenvalue weighted by Gasteiger charge is -2.28. The second kappa shape index (κ2) is 3.50. The Morgan fingerprint density at radius 1 is 1.57 bits per heavy atom. The first-order chi connectivity index (χ1) is 6.41. The predicted molar refractivity (Wildman–Crippen MR) is 57.8 cm³/mol. The summed E-state index contributed by atoms with van der Waals surface area (Å²) >= 11 is 0. The third-order valence-corrected chi connectivity index (χ3v) is 2.66. The van der Waals surface area contributed by atoms with Gasteiger partial charge in [-0.05, 0) is 6.92 Å². The SMILES string of the molecule is C=C(OCC)C1=C(N)C=C(C)[N+]1(C)C. The molecule has 1 heterocycles. The fourth-order valence-corrected chi connectivity index (χ4v) is 1.67. The number of hydrogen-bond acceptors (Lipinski definition) is 2. The third-order valence-electron chi connectivity index (χ3n) is 2.66. The predicted octanol–water partition coefficient (Wildman–Crippen LogP) is 1.70. The van der Waals surface area contributed by atoms with E-state index in [1.807, 2.05) is 13.0 Å². The molecule has 3 nitrogen and oxygen atoms in total. The van der Waals surface area contributed by atoms with Gasteiger partial charge < -0.3 is 10.5 Å². The van der Waals surface area contributed by atoms with Crippen molar-refractivity contribution in [2.45, 2.75) is 13.8 Å². The Hall–Kier alpha value is -1.22. The molecule has 2 N–H and O–H groups in total. The van der Waals surface area contributed by atoms with Crippen molar-refractivity contribution in [1.29, 1.82) is 0 Å². The fourth-order valence-electron chi connectivity index (χ4n) is 1.67. The van der Waals surface area contributed by atoms with Crippen molar-refractivity contribution in [2.75, 3.05) is 20.7 Å². The molecule has 0 saturated heterocycles. The molecular weight excluding hydrogens is 176 g/mol. The Balaban J connectivity index is 3.02. The summed E-state index contributed by atoms with van der Waals surface area (Å²) in [6.07, 6.45) is 1.97. The third kappa shape index (κ3) is 1.55. The minimum absolute atomic E-state index is 0.620. The monoisotopic (exact) mass is 195 g/mol. The van der Waals surface area contributed by atoms with E-state index in [4.69, 9.17) is 10.5 Å². The van der Waals surface area contributed by atoms with Crippen LogP contribution in [-0.4, -0.2) is 25.2 Å². The topological polar surface area (TPSA) is 35.2 Å². The summed E-state index contributed by atoms with van der Waals surface area (Å²) in [6.45, 7) is 8.51. The highest BCUT2D eigenvalue weighted by Gasteiger charge is 2.35. The summed E-state index contributed by atoms with van der Waals surface area (Å²) in [7, 11) is 4.15. The maximum Gasteiger partial charge on any atom is 0.202 e. The standard InChI is InChI=1S/C11H19N2O/c1-6-14-9(3)11-10(12)7-8(2)13(11,4)5/h7H,3,6,12H2,1-2,4-5H3/q+1. The molecule has 1 aliphatic heterocycles. The molecule has 1 rings (SSSR count). The summed E-state index contributed by atoms with van der Waals surface area (Å²) in [6, 6.07) is 0. The van der Waals surface area contributed by atoms with Crippen LogP contribution in [0.1, 0.15) is 13.8 Å². The van der Waals surface area contributed by atoms with E-state index in [1.165, 1.54) is 5.70 Å². The lowest BCUT2D eigenvalue weighted by molar-refractivity contribution is -0.809. The summed E-state index contributed by atoms with van der Waals surface area (Å²) in [5.41, 5.74) is 8.83. The first-order valence-electron chi connectivity index (χ1n) is 4.76. The number of quaternary nitrogens is 1. The molecule has 0 unspecified atom stereocenters. The van der Waals surface area contributed by atoms with E-state index in [1.54, 1.807) is 0 Å². The minimum Gasteiger partial charge on any atom is -0.488 e. The summed E-state index contributed by atoms with van der Waals surface area (Å²) in [5.74, 6) is 0.670. The smallest absolute Gasteiger partial charge is 0.202 e. The molecule has 0 amide bonds. The average molecular weight is 195 g/mol. The van der Waals surface area contributed by atoms with Crippen molar-refractivity contribution in [1.82, 2.24) is 0 Å². The van der Waals surface area contributed by atoms with Gasteiger partial charge in [0.25, 0.3) is 0 Å². The number of allylic oxidation sites excluding steroid dienone is 2. The van der Waals surface area contributed by atoms with Crippen LogP contribution in [0.5, 0.6) is 0 Å². The molecule has 0 fully saturated rings. The normalized spacial score (nSPS) is 19.6. The zero-order valence-electron chi connectivity index (χ0n) is 9.42. The van der Waals surface area contributed by atoms with Crippen LogP contribution in [0.4, 0.5) is 0 Å². The molecular formula is C11H19N2O+. The van der Waals surface area contributed by atoms with Gasteiger partial charge in [-0.1, -0.05) is 6.58 Å². The first kappa shape index (κ1) is 10.9. The summed E-state index contributed by atoms with van der Waals surface area (Å²) in [4.78, 5) is 0. The van der Waals surface area contributed by atoms with Crippen molar-refractivity contribution in [3.8, 4) is 0 Å². The Bertz CT molecular complexity index is 324. The molecule has 3 heteroatoms. The van der Waals surface area contributed by atoms with Crippen molar-refractivity contribution >= 4 is 0 Å². The Morgan fingerprint density at radius 3 is 2.50 bits per heavy atom. The minimum atomic E-state index is 0.620. The molecule has 0 aromatic rings. The largest absolute Gasteiger partial charge is 0.488 e. The van der Waals surface area contributed by atoms with Gasteiger partial charge in [-0.15, -0.1) is 0 Å². The Labute approximate surface area is 85.7 Å². The van der Waals surface area contributed by atoms with Crippen molar-refractivity contribution in [3.05, 3.63) is 35.5 Å². The van der Waals surface area contributed by atoms with E-state index in [0.29, 0.717) is 16.8 Å².